The fourth-order valence-corrected chi connectivity index (χ4v) is 7.53. The second kappa shape index (κ2) is 21.2. The molecule has 0 aliphatic carbocycles. The third-order valence-electron chi connectivity index (χ3n) is 6.16. The van der Waals surface area contributed by atoms with Gasteiger partial charge in [-0.2, -0.15) is 0 Å². The molecular formula is C28H60O4P2S4Zn. The molecule has 0 aromatic rings. The zero-order valence-electron chi connectivity index (χ0n) is 27.4. The maximum atomic E-state index is 5.74. The summed E-state index contributed by atoms with van der Waals surface area (Å²) >= 11 is 21.3. The predicted molar refractivity (Wildman–Crippen MR) is 182 cm³/mol. The van der Waals surface area contributed by atoms with Gasteiger partial charge in [0.2, 0.25) is 0 Å². The molecule has 0 heterocycles. The molecule has 0 aliphatic heterocycles. The van der Waals surface area contributed by atoms with Gasteiger partial charge >= 0.3 is 19.5 Å². The standard InChI is InChI=1S/2C14H31O2PS2.Zn/c2*1-7-9-13(3,4)11-15-17(18,19)16-12-14(5,6)10-8-2;/h2*7-12H2,1-6H3,(H,18,19);/q;;+2/p-2. The molecule has 0 fully saturated rings. The maximum absolute atomic E-state index is 5.74. The van der Waals surface area contributed by atoms with Crippen molar-refractivity contribution in [3.8, 4) is 0 Å². The molecule has 0 N–H and O–H groups in total. The molecule has 0 spiro atoms. The Balaban J connectivity index is -0.000000648. The molecular weight excluding hydrogens is 656 g/mol. The number of hydrogen-bond donors (Lipinski definition) is 0. The molecule has 0 aromatic heterocycles. The first-order valence-electron chi connectivity index (χ1n) is 14.3. The van der Waals surface area contributed by atoms with Gasteiger partial charge in [-0.3, -0.25) is 0 Å². The largest absolute Gasteiger partial charge is 2.00 e. The van der Waals surface area contributed by atoms with E-state index in [0.717, 1.165) is 51.4 Å². The maximum Gasteiger partial charge on any atom is 2.00 e. The van der Waals surface area contributed by atoms with Crippen molar-refractivity contribution >= 4 is 59.5 Å². The van der Waals surface area contributed by atoms with Crippen LogP contribution in [-0.4, -0.2) is 26.4 Å². The van der Waals surface area contributed by atoms with E-state index in [1.807, 2.05) is 0 Å². The van der Waals surface area contributed by atoms with Crippen LogP contribution in [0.2, 0.25) is 0 Å². The van der Waals surface area contributed by atoms with Crippen molar-refractivity contribution in [2.45, 2.75) is 134 Å². The average Bonchev–Trinajstić information content (AvgIpc) is 2.75. The fourth-order valence-electron chi connectivity index (χ4n) is 4.09. The Kier molecular flexibility index (Phi) is 25.0. The summed E-state index contributed by atoms with van der Waals surface area (Å²) in [5, 5.41) is 0. The summed E-state index contributed by atoms with van der Waals surface area (Å²) < 4.78 is 23.0. The zero-order valence-corrected chi connectivity index (χ0v) is 35.4. The van der Waals surface area contributed by atoms with Crippen molar-refractivity contribution in [2.24, 2.45) is 21.7 Å². The molecule has 0 radical (unpaired) electrons. The van der Waals surface area contributed by atoms with Crippen LogP contribution < -0.4 is 0 Å². The van der Waals surface area contributed by atoms with Gasteiger partial charge < -0.3 is 42.6 Å². The zero-order chi connectivity index (χ0) is 30.3. The van der Waals surface area contributed by atoms with Crippen LogP contribution in [0.1, 0.15) is 134 Å². The van der Waals surface area contributed by atoms with E-state index >= 15 is 0 Å². The average molecular weight is 716 g/mol. The van der Waals surface area contributed by atoms with E-state index < -0.39 is 11.4 Å². The topological polar surface area (TPSA) is 36.9 Å². The van der Waals surface area contributed by atoms with Crippen LogP contribution in [-0.2, 0) is 85.7 Å². The summed E-state index contributed by atoms with van der Waals surface area (Å²) in [6.07, 6.45) is 9.00. The van der Waals surface area contributed by atoms with Crippen molar-refractivity contribution in [1.82, 2.24) is 0 Å². The van der Waals surface area contributed by atoms with E-state index in [1.54, 1.807) is 0 Å². The van der Waals surface area contributed by atoms with Gasteiger partial charge in [-0.05, 0) is 47.3 Å². The molecule has 4 nitrogen and oxygen atoms in total. The van der Waals surface area contributed by atoms with Crippen molar-refractivity contribution in [3.63, 3.8) is 0 Å². The first kappa shape index (κ1) is 45.9. The first-order chi connectivity index (χ1) is 17.1. The summed E-state index contributed by atoms with van der Waals surface area (Å²) in [5.74, 6) is 0. The quantitative estimate of drug-likeness (QED) is 0.0700. The normalized spacial score (nSPS) is 13.5. The number of hydrogen-bond acceptors (Lipinski definition) is 8. The summed E-state index contributed by atoms with van der Waals surface area (Å²) in [7, 11) is 0. The Labute approximate surface area is 277 Å². The monoisotopic (exact) mass is 714 g/mol. The van der Waals surface area contributed by atoms with Crippen molar-refractivity contribution in [2.75, 3.05) is 26.4 Å². The third-order valence-corrected chi connectivity index (χ3v) is 10.5. The third kappa shape index (κ3) is 27.7. The Hall–Kier alpha value is 2.46. The van der Waals surface area contributed by atoms with Gasteiger partial charge in [0.05, 0.1) is 37.8 Å². The van der Waals surface area contributed by atoms with Gasteiger partial charge in [-0.15, -0.1) is 0 Å². The van der Waals surface area contributed by atoms with Gasteiger partial charge in [-0.25, -0.2) is 0 Å². The van der Waals surface area contributed by atoms with Gasteiger partial charge in [0.1, 0.15) is 0 Å². The van der Waals surface area contributed by atoms with Crippen LogP contribution in [0.3, 0.4) is 0 Å². The van der Waals surface area contributed by atoms with Crippen molar-refractivity contribution in [3.05, 3.63) is 0 Å². The summed E-state index contributed by atoms with van der Waals surface area (Å²) in [4.78, 5) is 0. The van der Waals surface area contributed by atoms with Gasteiger partial charge in [0, 0.05) is 0 Å². The molecule has 0 saturated carbocycles. The molecule has 0 bridgehead atoms. The Bertz CT molecular complexity index is 622. The van der Waals surface area contributed by atoms with Crippen molar-refractivity contribution < 1.29 is 37.6 Å². The van der Waals surface area contributed by atoms with Crippen LogP contribution in [0.25, 0.3) is 0 Å². The van der Waals surface area contributed by atoms with E-state index in [4.69, 9.17) is 66.2 Å². The summed E-state index contributed by atoms with van der Waals surface area (Å²) in [6.45, 7) is 28.5. The van der Waals surface area contributed by atoms with Crippen LogP contribution in [0.4, 0.5) is 0 Å². The minimum atomic E-state index is -2.52. The summed E-state index contributed by atoms with van der Waals surface area (Å²) in [5.41, 5.74) is -4.53. The SMILES string of the molecule is CCCC(C)(C)COP(=S)([S-])OCC(C)(C)CCC.CCCC(C)(C)COP(=S)([S-])OCC(C)(C)CCC.[Zn+2]. The molecule has 0 aliphatic rings. The Morgan fingerprint density at radius 2 is 0.615 bits per heavy atom. The second-order valence-corrected chi connectivity index (χ2v) is 23.6. The van der Waals surface area contributed by atoms with Crippen LogP contribution in [0.15, 0.2) is 0 Å². The molecule has 11 heteroatoms. The van der Waals surface area contributed by atoms with E-state index in [1.165, 1.54) is 0 Å². The summed E-state index contributed by atoms with van der Waals surface area (Å²) in [6, 6.07) is 0. The molecule has 232 valence electrons. The van der Waals surface area contributed by atoms with Crippen LogP contribution in [0.5, 0.6) is 0 Å². The smallest absolute Gasteiger partial charge is 0.691 e. The van der Waals surface area contributed by atoms with E-state index in [2.05, 4.69) is 83.1 Å². The minimum absolute atomic E-state index is 0. The predicted octanol–water partition coefficient (Wildman–Crippen LogP) is 10.9. The van der Waals surface area contributed by atoms with Gasteiger partial charge in [-0.1, -0.05) is 132 Å². The molecule has 0 atom stereocenters. The Morgan fingerprint density at radius 1 is 0.462 bits per heavy atom. The number of rotatable bonds is 20. The molecule has 0 saturated heterocycles. The van der Waals surface area contributed by atoms with E-state index in [0.29, 0.717) is 26.4 Å². The Morgan fingerprint density at radius 3 is 0.744 bits per heavy atom. The first-order valence-corrected chi connectivity index (χ1v) is 21.6. The fraction of sp³-hybridized carbons (Fsp3) is 1.00. The molecule has 0 aromatic carbocycles. The minimum Gasteiger partial charge on any atom is -0.691 e. The molecule has 39 heavy (non-hydrogen) atoms. The molecule has 0 rings (SSSR count). The second-order valence-electron chi connectivity index (χ2n) is 13.6. The molecule has 0 amide bonds. The van der Waals surface area contributed by atoms with Crippen LogP contribution in [0, 0.1) is 21.7 Å². The van der Waals surface area contributed by atoms with Crippen molar-refractivity contribution in [1.29, 1.82) is 0 Å². The van der Waals surface area contributed by atoms with Crippen LogP contribution >= 0.6 is 11.4 Å². The molecule has 0 unspecified atom stereocenters. The van der Waals surface area contributed by atoms with Gasteiger partial charge in [0.25, 0.3) is 0 Å². The van der Waals surface area contributed by atoms with Gasteiger partial charge in [0.15, 0.2) is 0 Å². The van der Waals surface area contributed by atoms with E-state index in [9.17, 15) is 0 Å². The van der Waals surface area contributed by atoms with E-state index in [-0.39, 0.29) is 41.1 Å².